The van der Waals surface area contributed by atoms with Crippen LogP contribution in [0.3, 0.4) is 0 Å². The molecule has 0 heterocycles. The molecule has 0 radical (unpaired) electrons. The average Bonchev–Trinajstić information content (AvgIpc) is 2.22. The number of hydrogen-bond donors (Lipinski definition) is 0. The summed E-state index contributed by atoms with van der Waals surface area (Å²) in [6, 6.07) is 5.25. The lowest BCUT2D eigenvalue weighted by atomic mass is 10.3. The second kappa shape index (κ2) is 5.37. The summed E-state index contributed by atoms with van der Waals surface area (Å²) in [6.45, 7) is 1.60. The van der Waals surface area contributed by atoms with Crippen molar-refractivity contribution in [2.45, 2.75) is 13.0 Å². The number of methoxy groups -OCH3 is 1. The summed E-state index contributed by atoms with van der Waals surface area (Å²) in [4.78, 5) is 11.1. The van der Waals surface area contributed by atoms with Crippen molar-refractivity contribution in [1.29, 1.82) is 0 Å². The number of para-hydroxylation sites is 1. The maximum Gasteiger partial charge on any atom is 0.346 e. The van der Waals surface area contributed by atoms with Crippen molar-refractivity contribution in [2.24, 2.45) is 0 Å². The molecule has 0 saturated carbocycles. The van der Waals surface area contributed by atoms with Gasteiger partial charge in [-0.15, -0.1) is 0 Å². The lowest BCUT2D eigenvalue weighted by Gasteiger charge is -2.14. The summed E-state index contributed by atoms with van der Waals surface area (Å²) in [7, 11) is 1.31. The van der Waals surface area contributed by atoms with Gasteiger partial charge in [0.2, 0.25) is 0 Å². The van der Waals surface area contributed by atoms with Gasteiger partial charge in [-0.3, -0.25) is 0 Å². The van der Waals surface area contributed by atoms with Gasteiger partial charge in [0.15, 0.2) is 11.9 Å². The molecule has 1 rings (SSSR count). The highest BCUT2D eigenvalue weighted by Gasteiger charge is 2.17. The third kappa shape index (κ3) is 3.11. The predicted molar refractivity (Wildman–Crippen MR) is 61.3 cm³/mol. The fourth-order valence-electron chi connectivity index (χ4n) is 0.986. The summed E-state index contributed by atoms with van der Waals surface area (Å²) >= 11 is 9.20. The van der Waals surface area contributed by atoms with E-state index in [1.165, 1.54) is 7.11 Å². The standard InChI is InChI=1S/C10H10BrClO3/c1-6(10(13)14-2)15-9-7(11)4-3-5-8(9)12/h3-6H,1-2H3. The van der Waals surface area contributed by atoms with Gasteiger partial charge in [0.1, 0.15) is 0 Å². The van der Waals surface area contributed by atoms with Crippen LogP contribution in [0.25, 0.3) is 0 Å². The largest absolute Gasteiger partial charge is 0.476 e. The van der Waals surface area contributed by atoms with Gasteiger partial charge in [0.05, 0.1) is 16.6 Å². The molecule has 1 atom stereocenters. The molecule has 0 N–H and O–H groups in total. The highest BCUT2D eigenvalue weighted by molar-refractivity contribution is 9.10. The van der Waals surface area contributed by atoms with Crippen LogP contribution in [0.5, 0.6) is 5.75 Å². The summed E-state index contributed by atoms with van der Waals surface area (Å²) in [5.41, 5.74) is 0. The Balaban J connectivity index is 2.85. The van der Waals surface area contributed by atoms with E-state index in [9.17, 15) is 4.79 Å². The topological polar surface area (TPSA) is 35.5 Å². The van der Waals surface area contributed by atoms with Gasteiger partial charge in [-0.1, -0.05) is 17.7 Å². The van der Waals surface area contributed by atoms with Gasteiger partial charge in [0, 0.05) is 0 Å². The van der Waals surface area contributed by atoms with E-state index in [-0.39, 0.29) is 0 Å². The summed E-state index contributed by atoms with van der Waals surface area (Å²) in [5, 5.41) is 0.445. The minimum absolute atomic E-state index is 0.442. The van der Waals surface area contributed by atoms with Gasteiger partial charge in [-0.2, -0.15) is 0 Å². The maximum atomic E-state index is 11.1. The van der Waals surface area contributed by atoms with Crippen LogP contribution in [0.15, 0.2) is 22.7 Å². The van der Waals surface area contributed by atoms with Crippen molar-refractivity contribution in [2.75, 3.05) is 7.11 Å². The molecule has 3 nitrogen and oxygen atoms in total. The minimum Gasteiger partial charge on any atom is -0.476 e. The lowest BCUT2D eigenvalue weighted by Crippen LogP contribution is -2.25. The maximum absolute atomic E-state index is 11.1. The molecule has 0 spiro atoms. The number of ether oxygens (including phenoxy) is 2. The molecule has 1 aromatic rings. The van der Waals surface area contributed by atoms with Crippen LogP contribution in [0, 0.1) is 0 Å². The fraction of sp³-hybridized carbons (Fsp3) is 0.300. The first-order chi connectivity index (χ1) is 7.06. The SMILES string of the molecule is COC(=O)C(C)Oc1c(Cl)cccc1Br. The van der Waals surface area contributed by atoms with Crippen molar-refractivity contribution >= 4 is 33.5 Å². The third-order valence-corrected chi connectivity index (χ3v) is 2.67. The van der Waals surface area contributed by atoms with E-state index in [0.29, 0.717) is 15.2 Å². The van der Waals surface area contributed by atoms with Crippen molar-refractivity contribution in [3.05, 3.63) is 27.7 Å². The van der Waals surface area contributed by atoms with Crippen LogP contribution in [0.2, 0.25) is 5.02 Å². The van der Waals surface area contributed by atoms with Crippen LogP contribution >= 0.6 is 27.5 Å². The Morgan fingerprint density at radius 3 is 2.73 bits per heavy atom. The van der Waals surface area contributed by atoms with E-state index >= 15 is 0 Å². The van der Waals surface area contributed by atoms with Crippen molar-refractivity contribution in [1.82, 2.24) is 0 Å². The van der Waals surface area contributed by atoms with Crippen molar-refractivity contribution in [3.63, 3.8) is 0 Å². The number of carbonyl (C=O) groups excluding carboxylic acids is 1. The first-order valence-corrected chi connectivity index (χ1v) is 5.42. The van der Waals surface area contributed by atoms with E-state index < -0.39 is 12.1 Å². The summed E-state index contributed by atoms with van der Waals surface area (Å²) in [6.07, 6.45) is -0.689. The fourth-order valence-corrected chi connectivity index (χ4v) is 1.78. The molecule has 5 heteroatoms. The zero-order valence-corrected chi connectivity index (χ0v) is 10.6. The lowest BCUT2D eigenvalue weighted by molar-refractivity contribution is -0.147. The second-order valence-electron chi connectivity index (χ2n) is 2.83. The molecule has 0 fully saturated rings. The highest BCUT2D eigenvalue weighted by atomic mass is 79.9. The smallest absolute Gasteiger partial charge is 0.346 e. The second-order valence-corrected chi connectivity index (χ2v) is 4.10. The van der Waals surface area contributed by atoms with Crippen LogP contribution in [-0.4, -0.2) is 19.2 Å². The Kier molecular flexibility index (Phi) is 4.42. The molecule has 0 saturated heterocycles. The molecular weight excluding hydrogens is 283 g/mol. The summed E-state index contributed by atoms with van der Waals surface area (Å²) in [5.74, 6) is -0.00103. The molecule has 0 aliphatic rings. The molecule has 82 valence electrons. The first-order valence-electron chi connectivity index (χ1n) is 4.24. The van der Waals surface area contributed by atoms with Crippen molar-refractivity contribution in [3.8, 4) is 5.75 Å². The number of esters is 1. The van der Waals surface area contributed by atoms with Gasteiger partial charge in [-0.25, -0.2) is 4.79 Å². The molecule has 1 unspecified atom stereocenters. The normalized spacial score (nSPS) is 12.0. The van der Waals surface area contributed by atoms with Crippen LogP contribution in [0.4, 0.5) is 0 Å². The molecule has 0 bridgehead atoms. The molecule has 15 heavy (non-hydrogen) atoms. The quantitative estimate of drug-likeness (QED) is 0.804. The van der Waals surface area contributed by atoms with Crippen LogP contribution < -0.4 is 4.74 Å². The van der Waals surface area contributed by atoms with Crippen LogP contribution in [-0.2, 0) is 9.53 Å². The predicted octanol–water partition coefficient (Wildman–Crippen LogP) is 3.04. The Bertz CT molecular complexity index is 347. The Labute approximate surface area is 101 Å². The van der Waals surface area contributed by atoms with Gasteiger partial charge in [0.25, 0.3) is 0 Å². The van der Waals surface area contributed by atoms with Gasteiger partial charge >= 0.3 is 5.97 Å². The number of hydrogen-bond acceptors (Lipinski definition) is 3. The Hall–Kier alpha value is -0.740. The Morgan fingerprint density at radius 1 is 1.53 bits per heavy atom. The van der Waals surface area contributed by atoms with Gasteiger partial charge in [-0.05, 0) is 35.0 Å². The van der Waals surface area contributed by atoms with Crippen LogP contribution in [0.1, 0.15) is 6.92 Å². The number of halogens is 2. The zero-order chi connectivity index (χ0) is 11.4. The highest BCUT2D eigenvalue weighted by Crippen LogP contribution is 2.33. The monoisotopic (exact) mass is 292 g/mol. The molecular formula is C10H10BrClO3. The molecule has 1 aromatic carbocycles. The van der Waals surface area contributed by atoms with E-state index in [0.717, 1.165) is 0 Å². The number of carbonyl (C=O) groups is 1. The molecule has 0 aromatic heterocycles. The van der Waals surface area contributed by atoms with E-state index in [4.69, 9.17) is 16.3 Å². The number of benzene rings is 1. The van der Waals surface area contributed by atoms with Gasteiger partial charge < -0.3 is 9.47 Å². The average molecular weight is 294 g/mol. The van der Waals surface area contributed by atoms with Crippen molar-refractivity contribution < 1.29 is 14.3 Å². The molecule has 0 aliphatic carbocycles. The zero-order valence-electron chi connectivity index (χ0n) is 8.29. The van der Waals surface area contributed by atoms with E-state index in [1.54, 1.807) is 25.1 Å². The number of rotatable bonds is 3. The molecule has 0 aliphatic heterocycles. The van der Waals surface area contributed by atoms with E-state index in [2.05, 4.69) is 20.7 Å². The minimum atomic E-state index is -0.689. The third-order valence-electron chi connectivity index (χ3n) is 1.75. The van der Waals surface area contributed by atoms with E-state index in [1.807, 2.05) is 0 Å². The first kappa shape index (κ1) is 12.3. The molecule has 0 amide bonds. The summed E-state index contributed by atoms with van der Waals surface area (Å²) < 4.78 is 10.6. The Morgan fingerprint density at radius 2 is 2.20 bits per heavy atom.